The van der Waals surface area contributed by atoms with Crippen molar-refractivity contribution in [3.8, 4) is 0 Å². The topological polar surface area (TPSA) is 67.2 Å². The van der Waals surface area contributed by atoms with Crippen LogP contribution in [0.15, 0.2) is 6.20 Å². The lowest BCUT2D eigenvalue weighted by atomic mass is 10.0. The molecule has 3 heterocycles. The molecular formula is C18H26N4O2. The van der Waals surface area contributed by atoms with Crippen LogP contribution in [0.5, 0.6) is 0 Å². The first-order chi connectivity index (χ1) is 11.6. The maximum Gasteiger partial charge on any atom is 0.225 e. The summed E-state index contributed by atoms with van der Waals surface area (Å²) in [4.78, 5) is 31.4. The molecule has 1 N–H and O–H groups in total. The Morgan fingerprint density at radius 1 is 1.25 bits per heavy atom. The second-order valence-electron chi connectivity index (χ2n) is 7.58. The van der Waals surface area contributed by atoms with E-state index < -0.39 is 0 Å². The van der Waals surface area contributed by atoms with Crippen molar-refractivity contribution < 1.29 is 9.59 Å². The monoisotopic (exact) mass is 330 g/mol. The smallest absolute Gasteiger partial charge is 0.225 e. The first-order valence-corrected chi connectivity index (χ1v) is 9.22. The normalized spacial score (nSPS) is 27.5. The number of hydrogen-bond donors (Lipinski definition) is 1. The van der Waals surface area contributed by atoms with E-state index in [-0.39, 0.29) is 23.8 Å². The van der Waals surface area contributed by atoms with Crippen LogP contribution >= 0.6 is 0 Å². The molecular weight excluding hydrogens is 304 g/mol. The molecule has 130 valence electrons. The van der Waals surface area contributed by atoms with Crippen molar-refractivity contribution in [2.24, 2.45) is 5.92 Å². The number of hydrogen-bond acceptors (Lipinski definition) is 3. The number of carbonyl (C=O) groups excluding carboxylic acids is 2. The van der Waals surface area contributed by atoms with Crippen molar-refractivity contribution in [1.29, 1.82) is 0 Å². The highest BCUT2D eigenvalue weighted by Gasteiger charge is 2.39. The van der Waals surface area contributed by atoms with Crippen molar-refractivity contribution in [1.82, 2.24) is 19.8 Å². The van der Waals surface area contributed by atoms with Gasteiger partial charge < -0.3 is 14.8 Å². The van der Waals surface area contributed by atoms with Crippen LogP contribution in [0.4, 0.5) is 0 Å². The molecule has 0 spiro atoms. The molecule has 24 heavy (non-hydrogen) atoms. The molecule has 6 nitrogen and oxygen atoms in total. The maximum atomic E-state index is 12.6. The zero-order chi connectivity index (χ0) is 16.7. The number of fused-ring (bicyclic) bond motifs is 1. The Hall–Kier alpha value is -1.85. The van der Waals surface area contributed by atoms with Gasteiger partial charge in [0.05, 0.1) is 11.6 Å². The van der Waals surface area contributed by atoms with E-state index in [1.165, 1.54) is 12.8 Å². The van der Waals surface area contributed by atoms with Gasteiger partial charge in [-0.25, -0.2) is 4.98 Å². The van der Waals surface area contributed by atoms with Gasteiger partial charge in [0.1, 0.15) is 5.82 Å². The average Bonchev–Trinajstić information content (AvgIpc) is 3.25. The van der Waals surface area contributed by atoms with E-state index in [0.717, 1.165) is 43.7 Å². The molecule has 1 aromatic heterocycles. The van der Waals surface area contributed by atoms with E-state index in [1.807, 2.05) is 11.8 Å². The highest BCUT2D eigenvalue weighted by atomic mass is 16.2. The van der Waals surface area contributed by atoms with E-state index in [0.29, 0.717) is 19.0 Å². The Kier molecular flexibility index (Phi) is 4.06. The van der Waals surface area contributed by atoms with Crippen LogP contribution in [-0.4, -0.2) is 44.9 Å². The van der Waals surface area contributed by atoms with Crippen molar-refractivity contribution in [2.45, 2.75) is 70.5 Å². The molecule has 0 aromatic carbocycles. The molecule has 2 aliphatic heterocycles. The molecule has 1 aromatic rings. The quantitative estimate of drug-likeness (QED) is 0.911. The fourth-order valence-corrected chi connectivity index (χ4v) is 4.50. The maximum absolute atomic E-state index is 12.6. The van der Waals surface area contributed by atoms with E-state index in [9.17, 15) is 9.59 Å². The van der Waals surface area contributed by atoms with Crippen LogP contribution in [0.2, 0.25) is 0 Å². The van der Waals surface area contributed by atoms with Crippen molar-refractivity contribution >= 4 is 11.8 Å². The highest BCUT2D eigenvalue weighted by molar-refractivity contribution is 5.89. The molecule has 2 amide bonds. The van der Waals surface area contributed by atoms with Gasteiger partial charge in [-0.3, -0.25) is 9.59 Å². The van der Waals surface area contributed by atoms with E-state index in [2.05, 4.69) is 21.1 Å². The molecule has 1 aliphatic carbocycles. The Balaban J connectivity index is 1.34. The number of likely N-dealkylation sites (tertiary alicyclic amines) is 1. The van der Waals surface area contributed by atoms with Crippen LogP contribution in [0.3, 0.4) is 0 Å². The summed E-state index contributed by atoms with van der Waals surface area (Å²) in [6.07, 6.45) is 8.88. The Bertz CT molecular complexity index is 647. The van der Waals surface area contributed by atoms with Crippen molar-refractivity contribution in [3.05, 3.63) is 17.7 Å². The molecule has 2 fully saturated rings. The van der Waals surface area contributed by atoms with Crippen molar-refractivity contribution in [3.63, 3.8) is 0 Å². The van der Waals surface area contributed by atoms with Crippen LogP contribution in [-0.2, 0) is 22.6 Å². The third-order valence-electron chi connectivity index (χ3n) is 5.75. The van der Waals surface area contributed by atoms with Crippen LogP contribution < -0.4 is 5.32 Å². The van der Waals surface area contributed by atoms with Gasteiger partial charge in [0.25, 0.3) is 0 Å². The molecule has 2 atom stereocenters. The Labute approximate surface area is 142 Å². The van der Waals surface area contributed by atoms with Gasteiger partial charge in [-0.2, -0.15) is 0 Å². The van der Waals surface area contributed by atoms with Crippen LogP contribution in [0.25, 0.3) is 0 Å². The van der Waals surface area contributed by atoms with Gasteiger partial charge in [-0.05, 0) is 26.2 Å². The summed E-state index contributed by atoms with van der Waals surface area (Å²) in [5, 5.41) is 3.18. The molecule has 3 aliphatic rings. The first kappa shape index (κ1) is 15.7. The number of aryl methyl sites for hydroxylation is 2. The zero-order valence-electron chi connectivity index (χ0n) is 14.3. The fourth-order valence-electron chi connectivity index (χ4n) is 4.50. The standard InChI is InChI=1S/C18H26N4O2/c1-12-9-21-11-14(6-7-16(21)19-12)20-18(24)13-8-17(23)22(10-13)15-4-2-3-5-15/h9,13-15H,2-8,10-11H2,1H3,(H,20,24)/t13-,14-/m0/s1. The second-order valence-corrected chi connectivity index (χ2v) is 7.58. The van der Waals surface area contributed by atoms with Gasteiger partial charge in [-0.15, -0.1) is 0 Å². The number of nitrogens with zero attached hydrogens (tertiary/aromatic N) is 3. The minimum atomic E-state index is -0.177. The van der Waals surface area contributed by atoms with Gasteiger partial charge >= 0.3 is 0 Å². The lowest BCUT2D eigenvalue weighted by Gasteiger charge is -2.26. The number of rotatable bonds is 3. The fraction of sp³-hybridized carbons (Fsp3) is 0.722. The molecule has 0 radical (unpaired) electrons. The Morgan fingerprint density at radius 2 is 2.04 bits per heavy atom. The summed E-state index contributed by atoms with van der Waals surface area (Å²) in [5.41, 5.74) is 1.03. The molecule has 6 heteroatoms. The summed E-state index contributed by atoms with van der Waals surface area (Å²) in [6, 6.07) is 0.524. The summed E-state index contributed by atoms with van der Waals surface area (Å²) in [5.74, 6) is 1.15. The number of amides is 2. The summed E-state index contributed by atoms with van der Waals surface area (Å²) in [6.45, 7) is 3.40. The van der Waals surface area contributed by atoms with E-state index in [4.69, 9.17) is 0 Å². The molecule has 1 saturated carbocycles. The lowest BCUT2D eigenvalue weighted by molar-refractivity contribution is -0.130. The molecule has 4 rings (SSSR count). The SMILES string of the molecule is Cc1cn2c(n1)CC[C@H](NC(=O)[C@H]1CC(=O)N(C3CCCC3)C1)C2. The summed E-state index contributed by atoms with van der Waals surface area (Å²) < 4.78 is 2.15. The number of nitrogens with one attached hydrogen (secondary N) is 1. The number of aromatic nitrogens is 2. The van der Waals surface area contributed by atoms with Crippen molar-refractivity contribution in [2.75, 3.05) is 6.54 Å². The minimum absolute atomic E-state index is 0.0501. The van der Waals surface area contributed by atoms with Gasteiger partial charge in [-0.1, -0.05) is 12.8 Å². The molecule has 1 saturated heterocycles. The zero-order valence-corrected chi connectivity index (χ0v) is 14.3. The molecule has 0 unspecified atom stereocenters. The van der Waals surface area contributed by atoms with E-state index in [1.54, 1.807) is 0 Å². The number of imidazole rings is 1. The summed E-state index contributed by atoms with van der Waals surface area (Å²) >= 11 is 0. The largest absolute Gasteiger partial charge is 0.351 e. The minimum Gasteiger partial charge on any atom is -0.351 e. The van der Waals surface area contributed by atoms with E-state index >= 15 is 0 Å². The number of carbonyl (C=O) groups is 2. The summed E-state index contributed by atoms with van der Waals surface area (Å²) in [7, 11) is 0. The van der Waals surface area contributed by atoms with Gasteiger partial charge in [0.15, 0.2) is 0 Å². The predicted molar refractivity (Wildman–Crippen MR) is 89.3 cm³/mol. The first-order valence-electron chi connectivity index (χ1n) is 9.22. The molecule has 0 bridgehead atoms. The van der Waals surface area contributed by atoms with Crippen LogP contribution in [0, 0.1) is 12.8 Å². The second kappa shape index (κ2) is 6.22. The third kappa shape index (κ3) is 2.94. The van der Waals surface area contributed by atoms with Gasteiger partial charge in [0, 0.05) is 44.2 Å². The third-order valence-corrected chi connectivity index (χ3v) is 5.75. The lowest BCUT2D eigenvalue weighted by Crippen LogP contribution is -2.44. The highest BCUT2D eigenvalue weighted by Crippen LogP contribution is 2.29. The average molecular weight is 330 g/mol. The van der Waals surface area contributed by atoms with Crippen LogP contribution in [0.1, 0.15) is 50.0 Å². The van der Waals surface area contributed by atoms with Gasteiger partial charge in [0.2, 0.25) is 11.8 Å². The Morgan fingerprint density at radius 3 is 2.83 bits per heavy atom. The predicted octanol–water partition coefficient (Wildman–Crippen LogP) is 1.41.